The Morgan fingerprint density at radius 2 is 1.85 bits per heavy atom. The SMILES string of the molecule is CCS(=O)(=O)c1ccc(Cl)cc1CNC(=O)c1cc(Br)c(CN2CCCC2)c(C(F)(F)F)c1. The second-order valence-corrected chi connectivity index (χ2v) is 11.3. The van der Waals surface area contributed by atoms with Crippen molar-refractivity contribution in [2.75, 3.05) is 18.8 Å². The third kappa shape index (κ3) is 6.29. The number of halogens is 5. The van der Waals surface area contributed by atoms with Crippen molar-refractivity contribution in [3.05, 3.63) is 62.1 Å². The number of nitrogens with one attached hydrogen (secondary N) is 1. The van der Waals surface area contributed by atoms with Gasteiger partial charge in [-0.05, 0) is 67.4 Å². The number of amides is 1. The van der Waals surface area contributed by atoms with Crippen molar-refractivity contribution in [1.82, 2.24) is 10.2 Å². The molecule has 0 unspecified atom stereocenters. The second-order valence-electron chi connectivity index (χ2n) is 7.80. The zero-order valence-corrected chi connectivity index (χ0v) is 21.0. The predicted molar refractivity (Wildman–Crippen MR) is 124 cm³/mol. The smallest absolute Gasteiger partial charge is 0.348 e. The number of sulfone groups is 1. The van der Waals surface area contributed by atoms with Gasteiger partial charge in [0.2, 0.25) is 0 Å². The summed E-state index contributed by atoms with van der Waals surface area (Å²) < 4.78 is 66.3. The maximum Gasteiger partial charge on any atom is 0.416 e. The molecule has 0 radical (unpaired) electrons. The van der Waals surface area contributed by atoms with Crippen LogP contribution in [0.15, 0.2) is 39.7 Å². The fraction of sp³-hybridized carbons (Fsp3) is 0.409. The molecule has 0 bridgehead atoms. The van der Waals surface area contributed by atoms with E-state index in [2.05, 4.69) is 21.2 Å². The van der Waals surface area contributed by atoms with Crippen molar-refractivity contribution in [2.45, 2.75) is 43.9 Å². The summed E-state index contributed by atoms with van der Waals surface area (Å²) >= 11 is 9.19. The highest BCUT2D eigenvalue weighted by atomic mass is 79.9. The molecule has 1 saturated heterocycles. The molecule has 0 atom stereocenters. The van der Waals surface area contributed by atoms with Crippen molar-refractivity contribution in [3.8, 4) is 0 Å². The van der Waals surface area contributed by atoms with E-state index in [1.165, 1.54) is 31.2 Å². The highest BCUT2D eigenvalue weighted by Crippen LogP contribution is 2.37. The number of benzene rings is 2. The summed E-state index contributed by atoms with van der Waals surface area (Å²) in [6, 6.07) is 6.40. The number of carbonyl (C=O) groups is 1. The number of hydrogen-bond donors (Lipinski definition) is 1. The van der Waals surface area contributed by atoms with E-state index in [4.69, 9.17) is 11.6 Å². The molecular formula is C22H23BrClF3N2O3S. The molecule has 33 heavy (non-hydrogen) atoms. The van der Waals surface area contributed by atoms with Crippen molar-refractivity contribution < 1.29 is 26.4 Å². The van der Waals surface area contributed by atoms with E-state index < -0.39 is 27.5 Å². The Hall–Kier alpha value is -1.62. The molecule has 1 aliphatic rings. The first-order valence-corrected chi connectivity index (χ1v) is 13.2. The molecule has 1 aliphatic heterocycles. The van der Waals surface area contributed by atoms with Gasteiger partial charge in [0.15, 0.2) is 9.84 Å². The summed E-state index contributed by atoms with van der Waals surface area (Å²) in [4.78, 5) is 14.7. The number of carbonyl (C=O) groups excluding carboxylic acids is 1. The first-order chi connectivity index (χ1) is 15.4. The lowest BCUT2D eigenvalue weighted by Gasteiger charge is -2.21. The van der Waals surface area contributed by atoms with Gasteiger partial charge in [-0.15, -0.1) is 0 Å². The van der Waals surface area contributed by atoms with Gasteiger partial charge in [0.05, 0.1) is 16.2 Å². The molecule has 0 aliphatic carbocycles. The number of rotatable bonds is 7. The third-order valence-corrected chi connectivity index (χ3v) is 8.29. The average Bonchev–Trinajstić information content (AvgIpc) is 3.25. The summed E-state index contributed by atoms with van der Waals surface area (Å²) in [5.74, 6) is -0.899. The predicted octanol–water partition coefficient (Wildman–Crippen LogP) is 5.44. The molecular weight excluding hydrogens is 545 g/mol. The molecule has 2 aromatic carbocycles. The molecule has 180 valence electrons. The summed E-state index contributed by atoms with van der Waals surface area (Å²) in [5, 5.41) is 2.80. The molecule has 0 saturated carbocycles. The maximum atomic E-state index is 13.8. The van der Waals surface area contributed by atoms with Gasteiger partial charge in [0, 0.05) is 28.1 Å². The molecule has 3 rings (SSSR count). The minimum Gasteiger partial charge on any atom is -0.348 e. The van der Waals surface area contributed by atoms with Crippen LogP contribution in [-0.2, 0) is 29.1 Å². The average molecular weight is 568 g/mol. The Labute approximate surface area is 204 Å². The first kappa shape index (κ1) is 26.0. The highest BCUT2D eigenvalue weighted by molar-refractivity contribution is 9.10. The Bertz CT molecular complexity index is 1150. The van der Waals surface area contributed by atoms with E-state index in [9.17, 15) is 26.4 Å². The lowest BCUT2D eigenvalue weighted by molar-refractivity contribution is -0.138. The van der Waals surface area contributed by atoms with Gasteiger partial charge in [-0.3, -0.25) is 9.69 Å². The molecule has 5 nitrogen and oxygen atoms in total. The van der Waals surface area contributed by atoms with Crippen LogP contribution in [0, 0.1) is 0 Å². The fourth-order valence-electron chi connectivity index (χ4n) is 3.77. The van der Waals surface area contributed by atoms with Crippen LogP contribution in [0.5, 0.6) is 0 Å². The molecule has 1 N–H and O–H groups in total. The standard InChI is InChI=1S/C22H23BrClF3N2O3S/c1-2-33(31,32)20-6-5-16(24)9-15(20)12-28-21(30)14-10-18(22(25,26)27)17(19(23)11-14)13-29-7-3-4-8-29/h5-6,9-11H,2-4,7-8,12-13H2,1H3,(H,28,30). The molecule has 2 aromatic rings. The quantitative estimate of drug-likeness (QED) is 0.484. The van der Waals surface area contributed by atoms with Crippen LogP contribution in [0.3, 0.4) is 0 Å². The monoisotopic (exact) mass is 566 g/mol. The number of hydrogen-bond acceptors (Lipinski definition) is 4. The van der Waals surface area contributed by atoms with Crippen molar-refractivity contribution in [3.63, 3.8) is 0 Å². The summed E-state index contributed by atoms with van der Waals surface area (Å²) in [5.41, 5.74) is -0.696. The topological polar surface area (TPSA) is 66.5 Å². The van der Waals surface area contributed by atoms with Crippen LogP contribution < -0.4 is 5.32 Å². The van der Waals surface area contributed by atoms with Gasteiger partial charge < -0.3 is 5.32 Å². The van der Waals surface area contributed by atoms with Gasteiger partial charge in [0.25, 0.3) is 5.91 Å². The Morgan fingerprint density at radius 3 is 2.45 bits per heavy atom. The molecule has 1 amide bonds. The van der Waals surface area contributed by atoms with Gasteiger partial charge in [-0.2, -0.15) is 13.2 Å². The van der Waals surface area contributed by atoms with E-state index in [0.717, 1.165) is 32.0 Å². The summed E-state index contributed by atoms with van der Waals surface area (Å²) in [6.45, 7) is 2.88. The van der Waals surface area contributed by atoms with Crippen LogP contribution in [-0.4, -0.2) is 38.1 Å². The van der Waals surface area contributed by atoms with Crippen molar-refractivity contribution >= 4 is 43.3 Å². The summed E-state index contributed by atoms with van der Waals surface area (Å²) in [7, 11) is -3.58. The zero-order valence-electron chi connectivity index (χ0n) is 17.8. The molecule has 0 aromatic heterocycles. The second kappa shape index (κ2) is 10.3. The summed E-state index contributed by atoms with van der Waals surface area (Å²) in [6.07, 6.45) is -2.75. The van der Waals surface area contributed by atoms with Gasteiger partial charge >= 0.3 is 6.18 Å². The molecule has 1 fully saturated rings. The van der Waals surface area contributed by atoms with Crippen LogP contribution in [0.25, 0.3) is 0 Å². The Kier molecular flexibility index (Phi) is 8.14. The normalized spacial score (nSPS) is 15.1. The Morgan fingerprint density at radius 1 is 1.18 bits per heavy atom. The highest BCUT2D eigenvalue weighted by Gasteiger charge is 2.36. The van der Waals surface area contributed by atoms with E-state index >= 15 is 0 Å². The van der Waals surface area contributed by atoms with Crippen LogP contribution in [0.2, 0.25) is 5.02 Å². The van der Waals surface area contributed by atoms with E-state index in [-0.39, 0.29) is 49.9 Å². The first-order valence-electron chi connectivity index (χ1n) is 10.3. The van der Waals surface area contributed by atoms with Crippen molar-refractivity contribution in [2.24, 2.45) is 0 Å². The minimum atomic E-state index is -4.64. The fourth-order valence-corrected chi connectivity index (χ4v) is 5.67. The lowest BCUT2D eigenvalue weighted by atomic mass is 10.0. The van der Waals surface area contributed by atoms with Crippen LogP contribution in [0.4, 0.5) is 13.2 Å². The Balaban J connectivity index is 1.88. The molecule has 0 spiro atoms. The van der Waals surface area contributed by atoms with E-state index in [1.807, 2.05) is 4.90 Å². The third-order valence-electron chi connectivity index (χ3n) is 5.52. The maximum absolute atomic E-state index is 13.8. The number of alkyl halides is 3. The van der Waals surface area contributed by atoms with Crippen LogP contribution >= 0.6 is 27.5 Å². The zero-order chi connectivity index (χ0) is 24.4. The van der Waals surface area contributed by atoms with E-state index in [1.54, 1.807) is 0 Å². The van der Waals surface area contributed by atoms with Crippen LogP contribution in [0.1, 0.15) is 46.8 Å². The number of likely N-dealkylation sites (tertiary alicyclic amines) is 1. The van der Waals surface area contributed by atoms with E-state index in [0.29, 0.717) is 0 Å². The molecule has 11 heteroatoms. The van der Waals surface area contributed by atoms with Gasteiger partial charge in [-0.1, -0.05) is 34.5 Å². The lowest BCUT2D eigenvalue weighted by Crippen LogP contribution is -2.26. The largest absolute Gasteiger partial charge is 0.416 e. The van der Waals surface area contributed by atoms with Gasteiger partial charge in [-0.25, -0.2) is 8.42 Å². The molecule has 1 heterocycles. The number of nitrogens with zero attached hydrogens (tertiary/aromatic N) is 1. The van der Waals surface area contributed by atoms with Crippen molar-refractivity contribution in [1.29, 1.82) is 0 Å². The minimum absolute atomic E-state index is 0.0211. The van der Waals surface area contributed by atoms with Gasteiger partial charge in [0.1, 0.15) is 0 Å².